The van der Waals surface area contributed by atoms with Gasteiger partial charge in [0, 0.05) is 25.7 Å². The van der Waals surface area contributed by atoms with Crippen molar-refractivity contribution in [2.24, 2.45) is 0 Å². The third-order valence-corrected chi connectivity index (χ3v) is 5.51. The van der Waals surface area contributed by atoms with Gasteiger partial charge < -0.3 is 24.8 Å². The maximum absolute atomic E-state index is 13.1. The molecule has 0 fully saturated rings. The maximum Gasteiger partial charge on any atom is 0.410 e. The minimum Gasteiger partial charge on any atom is -0.444 e. The second kappa shape index (κ2) is 13.1. The number of aliphatic hydroxyl groups is 1. The van der Waals surface area contributed by atoms with E-state index in [-0.39, 0.29) is 0 Å². The average molecular weight is 485 g/mol. The molecule has 7 heteroatoms. The fourth-order valence-corrected chi connectivity index (χ4v) is 3.58. The Bertz CT molecular complexity index is 935. The summed E-state index contributed by atoms with van der Waals surface area (Å²) in [5, 5.41) is 14.5. The van der Waals surface area contributed by atoms with Crippen LogP contribution in [0.3, 0.4) is 0 Å². The molecule has 1 amide bonds. The van der Waals surface area contributed by atoms with Gasteiger partial charge in [0.05, 0.1) is 12.1 Å². The predicted octanol–water partition coefficient (Wildman–Crippen LogP) is 5.73. The van der Waals surface area contributed by atoms with Crippen molar-refractivity contribution in [3.63, 3.8) is 0 Å². The molecule has 0 saturated carbocycles. The van der Waals surface area contributed by atoms with E-state index in [1.54, 1.807) is 36.1 Å². The van der Waals surface area contributed by atoms with Crippen LogP contribution < -0.4 is 10.1 Å². The fourth-order valence-electron chi connectivity index (χ4n) is 3.58. The molecule has 35 heavy (non-hydrogen) atoms. The monoisotopic (exact) mass is 484 g/mol. The highest BCUT2D eigenvalue weighted by atomic mass is 16.6. The smallest absolute Gasteiger partial charge is 0.410 e. The number of carbonyl (C=O) groups excluding carboxylic acids is 2. The van der Waals surface area contributed by atoms with Gasteiger partial charge in [0.1, 0.15) is 11.4 Å². The summed E-state index contributed by atoms with van der Waals surface area (Å²) in [5.74, 6) is -0.00901. The molecule has 2 rings (SSSR count). The topological polar surface area (TPSA) is 88.1 Å². The highest BCUT2D eigenvalue weighted by Gasteiger charge is 2.30. The van der Waals surface area contributed by atoms with Gasteiger partial charge in [-0.2, -0.15) is 0 Å². The molecule has 2 aromatic carbocycles. The van der Waals surface area contributed by atoms with Crippen LogP contribution >= 0.6 is 0 Å². The van der Waals surface area contributed by atoms with Crippen molar-refractivity contribution < 1.29 is 24.2 Å². The van der Waals surface area contributed by atoms with E-state index in [1.807, 2.05) is 32.9 Å². The summed E-state index contributed by atoms with van der Waals surface area (Å²) in [5.41, 5.74) is 2.13. The van der Waals surface area contributed by atoms with Crippen molar-refractivity contribution in [2.45, 2.75) is 78.6 Å². The summed E-state index contributed by atoms with van der Waals surface area (Å²) in [4.78, 5) is 25.8. The first-order chi connectivity index (χ1) is 16.5. The van der Waals surface area contributed by atoms with E-state index in [9.17, 15) is 14.7 Å². The molecule has 2 N–H and O–H groups in total. The van der Waals surface area contributed by atoms with E-state index in [0.717, 1.165) is 30.6 Å². The van der Waals surface area contributed by atoms with Crippen LogP contribution in [0.15, 0.2) is 48.5 Å². The number of carbonyl (C=O) groups is 2. The molecule has 0 aliphatic heterocycles. The molecule has 0 spiro atoms. The van der Waals surface area contributed by atoms with E-state index in [4.69, 9.17) is 9.47 Å². The van der Waals surface area contributed by atoms with Gasteiger partial charge in [0.2, 0.25) is 0 Å². The number of anilines is 1. The number of nitrogens with zero attached hydrogens (tertiary/aromatic N) is 1. The lowest BCUT2D eigenvalue weighted by molar-refractivity contribution is -0.131. The van der Waals surface area contributed by atoms with Gasteiger partial charge in [0.25, 0.3) is 0 Å². The van der Waals surface area contributed by atoms with Crippen molar-refractivity contribution in [1.29, 1.82) is 0 Å². The van der Waals surface area contributed by atoms with Gasteiger partial charge in [-0.15, -0.1) is 0 Å². The van der Waals surface area contributed by atoms with Crippen molar-refractivity contribution in [3.8, 4) is 5.75 Å². The summed E-state index contributed by atoms with van der Waals surface area (Å²) in [6.45, 7) is 12.1. The Kier molecular flexibility index (Phi) is 10.6. The molecule has 0 aromatic heterocycles. The first-order valence-corrected chi connectivity index (χ1v) is 12.3. The van der Waals surface area contributed by atoms with Crippen LogP contribution in [0, 0.1) is 0 Å². The van der Waals surface area contributed by atoms with E-state index >= 15 is 0 Å². The third kappa shape index (κ3) is 9.61. The average Bonchev–Trinajstić information content (AvgIpc) is 2.78. The minimum atomic E-state index is -0.945. The van der Waals surface area contributed by atoms with E-state index in [2.05, 4.69) is 24.4 Å². The largest absolute Gasteiger partial charge is 0.444 e. The van der Waals surface area contributed by atoms with Gasteiger partial charge in [-0.1, -0.05) is 37.6 Å². The molecular formula is C28H40N2O5. The van der Waals surface area contributed by atoms with Crippen molar-refractivity contribution in [1.82, 2.24) is 4.90 Å². The van der Waals surface area contributed by atoms with Gasteiger partial charge in [-0.25, -0.2) is 4.79 Å². The molecule has 2 aromatic rings. The molecule has 0 unspecified atom stereocenters. The zero-order valence-electron chi connectivity index (χ0n) is 21.8. The number of nitrogens with one attached hydrogen (secondary N) is 1. The molecule has 2 atom stereocenters. The van der Waals surface area contributed by atoms with Crippen LogP contribution in [0.25, 0.3) is 0 Å². The Hall–Kier alpha value is -3.06. The van der Waals surface area contributed by atoms with Crippen molar-refractivity contribution in [3.05, 3.63) is 59.7 Å². The maximum atomic E-state index is 13.1. The Balaban J connectivity index is 2.12. The van der Waals surface area contributed by atoms with Gasteiger partial charge in [-0.3, -0.25) is 4.79 Å². The van der Waals surface area contributed by atoms with Crippen LogP contribution in [0.2, 0.25) is 0 Å². The molecule has 0 aliphatic rings. The Labute approximate surface area is 209 Å². The zero-order valence-corrected chi connectivity index (χ0v) is 21.8. The summed E-state index contributed by atoms with van der Waals surface area (Å²) in [6, 6.07) is 14.3. The van der Waals surface area contributed by atoms with Crippen LogP contribution in [0.1, 0.15) is 71.6 Å². The number of aliphatic hydroxyl groups excluding tert-OH is 1. The number of rotatable bonds is 11. The highest BCUT2D eigenvalue weighted by molar-refractivity contribution is 5.69. The number of unbranched alkanes of at least 4 members (excludes halogenated alkanes) is 1. The van der Waals surface area contributed by atoms with Crippen LogP contribution in [0.4, 0.5) is 10.5 Å². The first-order valence-electron chi connectivity index (χ1n) is 12.3. The SMILES string of the molecule is CCCCNc1ccc(CCN(C(=O)OC(C)(C)C)[C@@H](C)[C@H](O)c2ccc(OC(C)=O)cc2)cc1. The zero-order chi connectivity index (χ0) is 26.0. The fraction of sp³-hybridized carbons (Fsp3) is 0.500. The Morgan fingerprint density at radius 1 is 1.06 bits per heavy atom. The van der Waals surface area contributed by atoms with Crippen LogP contribution in [-0.2, 0) is 16.0 Å². The summed E-state index contributed by atoms with van der Waals surface area (Å²) < 4.78 is 10.7. The number of hydrogen-bond acceptors (Lipinski definition) is 6. The summed E-state index contributed by atoms with van der Waals surface area (Å²) in [7, 11) is 0. The molecule has 0 bridgehead atoms. The predicted molar refractivity (Wildman–Crippen MR) is 139 cm³/mol. The lowest BCUT2D eigenvalue weighted by Gasteiger charge is -2.34. The van der Waals surface area contributed by atoms with Crippen LogP contribution in [-0.4, -0.2) is 46.8 Å². The molecule has 0 heterocycles. The van der Waals surface area contributed by atoms with Crippen molar-refractivity contribution in [2.75, 3.05) is 18.4 Å². The second-order valence-electron chi connectivity index (χ2n) is 9.75. The van der Waals surface area contributed by atoms with Gasteiger partial charge >= 0.3 is 12.1 Å². The summed E-state index contributed by atoms with van der Waals surface area (Å²) in [6.07, 6.45) is 1.47. The molecule has 0 saturated heterocycles. The minimum absolute atomic E-state index is 0.390. The Morgan fingerprint density at radius 2 is 1.69 bits per heavy atom. The number of ether oxygens (including phenoxy) is 2. The Morgan fingerprint density at radius 3 is 2.23 bits per heavy atom. The lowest BCUT2D eigenvalue weighted by atomic mass is 10.0. The number of benzene rings is 2. The molecule has 0 radical (unpaired) electrons. The van der Waals surface area contributed by atoms with E-state index in [1.165, 1.54) is 6.92 Å². The number of esters is 1. The van der Waals surface area contributed by atoms with Crippen molar-refractivity contribution >= 4 is 17.7 Å². The third-order valence-electron chi connectivity index (χ3n) is 5.51. The molecule has 192 valence electrons. The van der Waals surface area contributed by atoms with E-state index < -0.39 is 29.8 Å². The molecule has 0 aliphatic carbocycles. The van der Waals surface area contributed by atoms with E-state index in [0.29, 0.717) is 24.3 Å². The summed E-state index contributed by atoms with van der Waals surface area (Å²) >= 11 is 0. The highest BCUT2D eigenvalue weighted by Crippen LogP contribution is 2.25. The molecule has 7 nitrogen and oxygen atoms in total. The standard InChI is InChI=1S/C28H40N2O5/c1-7-8-18-29-24-13-9-22(10-14-24)17-19-30(27(33)35-28(4,5)6)20(2)26(32)23-11-15-25(16-12-23)34-21(3)31/h9-16,20,26,29,32H,7-8,17-19H2,1-6H3/t20-,26-/m0/s1. The first kappa shape index (κ1) is 28.2. The van der Waals surface area contributed by atoms with Crippen LogP contribution in [0.5, 0.6) is 5.75 Å². The van der Waals surface area contributed by atoms with Gasteiger partial charge in [-0.05, 0) is 75.9 Å². The second-order valence-corrected chi connectivity index (χ2v) is 9.75. The lowest BCUT2D eigenvalue weighted by Crippen LogP contribution is -2.45. The molecular weight excluding hydrogens is 444 g/mol. The number of hydrogen-bond donors (Lipinski definition) is 2. The van der Waals surface area contributed by atoms with Gasteiger partial charge in [0.15, 0.2) is 0 Å². The quantitative estimate of drug-likeness (QED) is 0.241. The number of amides is 1. The normalized spacial score (nSPS) is 13.0.